The number of nitrogens with one attached hydrogen (secondary N) is 1. The van der Waals surface area contributed by atoms with Crippen molar-refractivity contribution >= 4 is 11.6 Å². The van der Waals surface area contributed by atoms with Gasteiger partial charge in [-0.3, -0.25) is 4.79 Å². The number of carbonyl (C=O) groups excluding carboxylic acids is 1. The number of benzene rings is 2. The Hall–Kier alpha value is -2.42. The van der Waals surface area contributed by atoms with Gasteiger partial charge in [-0.2, -0.15) is 5.10 Å². The Kier molecular flexibility index (Phi) is 3.11. The second-order valence-corrected chi connectivity index (χ2v) is 4.61. The van der Waals surface area contributed by atoms with E-state index in [-0.39, 0.29) is 5.91 Å². The SMILES string of the molecule is O=C(NN=C1Cc2ccccc2C1)c1ccccc1. The van der Waals surface area contributed by atoms with Crippen molar-refractivity contribution in [2.24, 2.45) is 5.10 Å². The van der Waals surface area contributed by atoms with Crippen LogP contribution in [-0.2, 0) is 12.8 Å². The lowest BCUT2D eigenvalue weighted by Crippen LogP contribution is -2.19. The number of hydrogen-bond donors (Lipinski definition) is 1. The Morgan fingerprint density at radius 3 is 2.11 bits per heavy atom. The van der Waals surface area contributed by atoms with Crippen molar-refractivity contribution in [3.8, 4) is 0 Å². The molecule has 1 N–H and O–H groups in total. The fourth-order valence-corrected chi connectivity index (χ4v) is 2.27. The van der Waals surface area contributed by atoms with Gasteiger partial charge in [-0.05, 0) is 23.3 Å². The maximum atomic E-state index is 11.9. The summed E-state index contributed by atoms with van der Waals surface area (Å²) >= 11 is 0. The molecule has 3 nitrogen and oxygen atoms in total. The number of amides is 1. The molecule has 0 heterocycles. The van der Waals surface area contributed by atoms with Crippen LogP contribution in [-0.4, -0.2) is 11.6 Å². The highest BCUT2D eigenvalue weighted by Gasteiger charge is 2.16. The predicted molar refractivity (Wildman–Crippen MR) is 75.2 cm³/mol. The topological polar surface area (TPSA) is 41.5 Å². The van der Waals surface area contributed by atoms with Gasteiger partial charge in [-0.25, -0.2) is 5.43 Å². The van der Waals surface area contributed by atoms with Crippen molar-refractivity contribution < 1.29 is 4.79 Å². The average Bonchev–Trinajstić information content (AvgIpc) is 2.88. The zero-order chi connectivity index (χ0) is 13.1. The second-order valence-electron chi connectivity index (χ2n) is 4.61. The smallest absolute Gasteiger partial charge is 0.267 e. The highest BCUT2D eigenvalue weighted by Crippen LogP contribution is 2.19. The van der Waals surface area contributed by atoms with Gasteiger partial charge in [-0.15, -0.1) is 0 Å². The number of hydrogen-bond acceptors (Lipinski definition) is 2. The van der Waals surface area contributed by atoms with Gasteiger partial charge in [0, 0.05) is 24.1 Å². The molecule has 0 unspecified atom stereocenters. The molecule has 1 aliphatic carbocycles. The Balaban J connectivity index is 1.68. The monoisotopic (exact) mass is 250 g/mol. The maximum absolute atomic E-state index is 11.9. The molecule has 3 rings (SSSR count). The van der Waals surface area contributed by atoms with Gasteiger partial charge in [0.25, 0.3) is 5.91 Å². The average molecular weight is 250 g/mol. The molecule has 0 radical (unpaired) electrons. The van der Waals surface area contributed by atoms with Crippen LogP contribution in [0.25, 0.3) is 0 Å². The largest absolute Gasteiger partial charge is 0.271 e. The summed E-state index contributed by atoms with van der Waals surface area (Å²) in [6, 6.07) is 17.4. The van der Waals surface area contributed by atoms with E-state index in [0.717, 1.165) is 18.6 Å². The van der Waals surface area contributed by atoms with E-state index in [2.05, 4.69) is 22.7 Å². The first-order valence-corrected chi connectivity index (χ1v) is 6.30. The summed E-state index contributed by atoms with van der Waals surface area (Å²) in [6.45, 7) is 0. The number of hydrazone groups is 1. The Morgan fingerprint density at radius 2 is 1.47 bits per heavy atom. The van der Waals surface area contributed by atoms with Crippen LogP contribution in [0.4, 0.5) is 0 Å². The molecule has 0 atom stereocenters. The molecule has 1 aliphatic rings. The summed E-state index contributed by atoms with van der Waals surface area (Å²) in [4.78, 5) is 11.9. The first kappa shape index (κ1) is 11.7. The zero-order valence-electron chi connectivity index (χ0n) is 10.5. The quantitative estimate of drug-likeness (QED) is 0.818. The molecule has 0 aromatic heterocycles. The van der Waals surface area contributed by atoms with E-state index >= 15 is 0 Å². The van der Waals surface area contributed by atoms with Crippen molar-refractivity contribution in [3.05, 3.63) is 71.3 Å². The van der Waals surface area contributed by atoms with Gasteiger partial charge in [0.05, 0.1) is 0 Å². The maximum Gasteiger partial charge on any atom is 0.271 e. The van der Waals surface area contributed by atoms with Crippen LogP contribution in [0.5, 0.6) is 0 Å². The van der Waals surface area contributed by atoms with Crippen LogP contribution >= 0.6 is 0 Å². The van der Waals surface area contributed by atoms with E-state index in [1.807, 2.05) is 30.3 Å². The molecule has 2 aromatic carbocycles. The molecule has 0 aliphatic heterocycles. The standard InChI is InChI=1S/C16H14N2O/c19-16(12-6-2-1-3-7-12)18-17-15-10-13-8-4-5-9-14(13)11-15/h1-9H,10-11H2,(H,18,19). The van der Waals surface area contributed by atoms with Crippen LogP contribution in [0, 0.1) is 0 Å². The molecule has 0 saturated carbocycles. The van der Waals surface area contributed by atoms with Crippen molar-refractivity contribution in [1.82, 2.24) is 5.43 Å². The zero-order valence-corrected chi connectivity index (χ0v) is 10.5. The van der Waals surface area contributed by atoms with E-state index < -0.39 is 0 Å². The molecule has 0 fully saturated rings. The summed E-state index contributed by atoms with van der Waals surface area (Å²) in [5, 5.41) is 4.23. The van der Waals surface area contributed by atoms with Crippen LogP contribution in [0.3, 0.4) is 0 Å². The highest BCUT2D eigenvalue weighted by molar-refractivity contribution is 5.97. The summed E-state index contributed by atoms with van der Waals surface area (Å²) < 4.78 is 0. The summed E-state index contributed by atoms with van der Waals surface area (Å²) in [5.74, 6) is -0.163. The van der Waals surface area contributed by atoms with Gasteiger partial charge >= 0.3 is 0 Å². The van der Waals surface area contributed by atoms with Gasteiger partial charge in [0.1, 0.15) is 0 Å². The van der Waals surface area contributed by atoms with Crippen LogP contribution in [0.2, 0.25) is 0 Å². The highest BCUT2D eigenvalue weighted by atomic mass is 16.2. The fraction of sp³-hybridized carbons (Fsp3) is 0.125. The van der Waals surface area contributed by atoms with Crippen LogP contribution in [0.15, 0.2) is 59.7 Å². The molecular weight excluding hydrogens is 236 g/mol. The molecule has 0 spiro atoms. The van der Waals surface area contributed by atoms with Crippen LogP contribution < -0.4 is 5.43 Å². The van der Waals surface area contributed by atoms with Gasteiger partial charge < -0.3 is 0 Å². The van der Waals surface area contributed by atoms with E-state index in [4.69, 9.17) is 0 Å². The van der Waals surface area contributed by atoms with Crippen molar-refractivity contribution in [1.29, 1.82) is 0 Å². The Bertz CT molecular complexity index is 605. The minimum absolute atomic E-state index is 0.163. The third-order valence-corrected chi connectivity index (χ3v) is 3.26. The summed E-state index contributed by atoms with van der Waals surface area (Å²) in [6.07, 6.45) is 1.65. The molecule has 94 valence electrons. The summed E-state index contributed by atoms with van der Waals surface area (Å²) in [5.41, 5.74) is 6.86. The Labute approximate surface area is 112 Å². The lowest BCUT2D eigenvalue weighted by atomic mass is 10.1. The molecule has 3 heteroatoms. The second kappa shape index (κ2) is 5.06. The third-order valence-electron chi connectivity index (χ3n) is 3.26. The van der Waals surface area contributed by atoms with Gasteiger partial charge in [-0.1, -0.05) is 42.5 Å². The number of fused-ring (bicyclic) bond motifs is 1. The lowest BCUT2D eigenvalue weighted by Gasteiger charge is -2.00. The molecule has 19 heavy (non-hydrogen) atoms. The first-order valence-electron chi connectivity index (χ1n) is 6.30. The molecule has 0 bridgehead atoms. The molecular formula is C16H14N2O. The summed E-state index contributed by atoms with van der Waals surface area (Å²) in [7, 11) is 0. The van der Waals surface area contributed by atoms with E-state index in [1.165, 1.54) is 11.1 Å². The molecule has 2 aromatic rings. The van der Waals surface area contributed by atoms with Gasteiger partial charge in [0.15, 0.2) is 0 Å². The third kappa shape index (κ3) is 2.55. The lowest BCUT2D eigenvalue weighted by molar-refractivity contribution is 0.0954. The number of nitrogens with zero attached hydrogens (tertiary/aromatic N) is 1. The fourth-order valence-electron chi connectivity index (χ4n) is 2.27. The van der Waals surface area contributed by atoms with E-state index in [1.54, 1.807) is 12.1 Å². The van der Waals surface area contributed by atoms with Crippen molar-refractivity contribution in [2.75, 3.05) is 0 Å². The normalized spacial score (nSPS) is 12.9. The van der Waals surface area contributed by atoms with Gasteiger partial charge in [0.2, 0.25) is 0 Å². The Morgan fingerprint density at radius 1 is 0.895 bits per heavy atom. The van der Waals surface area contributed by atoms with E-state index in [9.17, 15) is 4.79 Å². The molecule has 1 amide bonds. The minimum Gasteiger partial charge on any atom is -0.267 e. The minimum atomic E-state index is -0.163. The molecule has 0 saturated heterocycles. The van der Waals surface area contributed by atoms with Crippen molar-refractivity contribution in [2.45, 2.75) is 12.8 Å². The predicted octanol–water partition coefficient (Wildman–Crippen LogP) is 2.57. The van der Waals surface area contributed by atoms with Crippen LogP contribution in [0.1, 0.15) is 21.5 Å². The number of rotatable bonds is 2. The first-order chi connectivity index (χ1) is 9.33. The number of carbonyl (C=O) groups is 1. The van der Waals surface area contributed by atoms with Crippen molar-refractivity contribution in [3.63, 3.8) is 0 Å². The van der Waals surface area contributed by atoms with E-state index in [0.29, 0.717) is 5.56 Å².